The number of rotatable bonds is 4. The van der Waals surface area contributed by atoms with Crippen LogP contribution in [0.3, 0.4) is 0 Å². The topological polar surface area (TPSA) is 118 Å². The Balaban J connectivity index is 2.11. The molecule has 0 saturated carbocycles. The number of nitrogens with zero attached hydrogens (tertiary/aromatic N) is 1. The molecule has 1 aromatic carbocycles. The number of carbonyl (C=O) groups excluding carboxylic acids is 2. The van der Waals surface area contributed by atoms with Crippen LogP contribution in [0, 0.1) is 5.82 Å². The highest BCUT2D eigenvalue weighted by molar-refractivity contribution is 7.93. The van der Waals surface area contributed by atoms with Gasteiger partial charge < -0.3 is 4.52 Å². The monoisotopic (exact) mass is 411 g/mol. The van der Waals surface area contributed by atoms with E-state index in [-0.39, 0.29) is 16.1 Å². The fraction of sp³-hybridized carbons (Fsp3) is 0.389. The summed E-state index contributed by atoms with van der Waals surface area (Å²) >= 11 is 0. The maximum Gasteiger partial charge on any atom is 0.308 e. The van der Waals surface area contributed by atoms with Crippen molar-refractivity contribution in [2.75, 3.05) is 0 Å². The molecule has 0 unspecified atom stereocenters. The number of benzene rings is 1. The predicted molar refractivity (Wildman–Crippen MR) is 98.5 cm³/mol. The van der Waals surface area contributed by atoms with E-state index in [0.29, 0.717) is 5.69 Å². The number of hydrogen-bond donors (Lipinski definition) is 2. The zero-order valence-electron chi connectivity index (χ0n) is 16.2. The second-order valence-electron chi connectivity index (χ2n) is 7.70. The molecule has 10 heteroatoms. The van der Waals surface area contributed by atoms with Crippen molar-refractivity contribution >= 4 is 21.7 Å². The summed E-state index contributed by atoms with van der Waals surface area (Å²) in [6.45, 7) is 8.02. The van der Waals surface area contributed by atoms with Crippen molar-refractivity contribution in [2.24, 2.45) is 0 Å². The average Bonchev–Trinajstić information content (AvgIpc) is 3.10. The highest BCUT2D eigenvalue weighted by atomic mass is 32.2. The van der Waals surface area contributed by atoms with Crippen molar-refractivity contribution in [1.29, 1.82) is 0 Å². The van der Waals surface area contributed by atoms with Gasteiger partial charge in [-0.3, -0.25) is 20.4 Å². The minimum atomic E-state index is -4.15. The Labute approximate surface area is 162 Å². The van der Waals surface area contributed by atoms with Crippen LogP contribution in [0.5, 0.6) is 0 Å². The van der Waals surface area contributed by atoms with E-state index >= 15 is 0 Å². The van der Waals surface area contributed by atoms with Gasteiger partial charge in [0, 0.05) is 11.5 Å². The van der Waals surface area contributed by atoms with E-state index in [9.17, 15) is 22.4 Å². The summed E-state index contributed by atoms with van der Waals surface area (Å²) in [5, 5.41) is 3.80. The van der Waals surface area contributed by atoms with Gasteiger partial charge in [-0.1, -0.05) is 25.9 Å². The van der Waals surface area contributed by atoms with E-state index in [2.05, 4.69) is 16.0 Å². The van der Waals surface area contributed by atoms with Gasteiger partial charge in [0.25, 0.3) is 5.91 Å². The lowest BCUT2D eigenvalue weighted by Gasteiger charge is -2.23. The fourth-order valence-electron chi connectivity index (χ4n) is 2.09. The zero-order valence-corrected chi connectivity index (χ0v) is 17.0. The van der Waals surface area contributed by atoms with E-state index in [1.807, 2.05) is 20.8 Å². The zero-order chi connectivity index (χ0) is 21.3. The van der Waals surface area contributed by atoms with Gasteiger partial charge >= 0.3 is 5.91 Å². The molecule has 2 rings (SSSR count). The van der Waals surface area contributed by atoms with Crippen molar-refractivity contribution in [3.05, 3.63) is 47.6 Å². The molecule has 2 aromatic rings. The maximum absolute atomic E-state index is 13.0. The van der Waals surface area contributed by atoms with Crippen LogP contribution in [0.25, 0.3) is 0 Å². The summed E-state index contributed by atoms with van der Waals surface area (Å²) in [6.07, 6.45) is 0. The first-order valence-electron chi connectivity index (χ1n) is 8.35. The Morgan fingerprint density at radius 2 is 1.61 bits per heavy atom. The van der Waals surface area contributed by atoms with E-state index in [0.717, 1.165) is 24.3 Å². The highest BCUT2D eigenvalue weighted by Crippen LogP contribution is 2.26. The molecule has 0 aliphatic rings. The van der Waals surface area contributed by atoms with Gasteiger partial charge in [-0.25, -0.2) is 12.8 Å². The Morgan fingerprint density at radius 3 is 2.11 bits per heavy atom. The summed E-state index contributed by atoms with van der Waals surface area (Å²) in [7, 11) is -4.15. The van der Waals surface area contributed by atoms with Crippen LogP contribution < -0.4 is 10.9 Å². The van der Waals surface area contributed by atoms with Crippen molar-refractivity contribution < 1.29 is 26.9 Å². The third-order valence-corrected chi connectivity index (χ3v) is 6.56. The number of halogens is 1. The smallest absolute Gasteiger partial charge is 0.308 e. The number of sulfone groups is 1. The molecular formula is C18H22FN3O5S. The largest absolute Gasteiger partial charge is 0.351 e. The lowest BCUT2D eigenvalue weighted by molar-refractivity contribution is -0.123. The number of amides is 2. The predicted octanol–water partition coefficient (Wildman–Crippen LogP) is 2.12. The van der Waals surface area contributed by atoms with Crippen molar-refractivity contribution in [1.82, 2.24) is 16.0 Å². The van der Waals surface area contributed by atoms with E-state index in [1.165, 1.54) is 19.9 Å². The molecule has 2 N–H and O–H groups in total. The number of carbonyl (C=O) groups is 2. The van der Waals surface area contributed by atoms with Gasteiger partial charge in [0.05, 0.1) is 10.6 Å². The second kappa shape index (κ2) is 7.34. The molecule has 0 atom stereocenters. The van der Waals surface area contributed by atoms with Crippen molar-refractivity contribution in [3.63, 3.8) is 0 Å². The first kappa shape index (κ1) is 21.5. The number of aromatic nitrogens is 1. The second-order valence-corrected chi connectivity index (χ2v) is 10.2. The van der Waals surface area contributed by atoms with Gasteiger partial charge in [-0.05, 0) is 38.1 Å². The summed E-state index contributed by atoms with van der Waals surface area (Å²) in [4.78, 5) is 24.3. The van der Waals surface area contributed by atoms with Crippen LogP contribution in [0.4, 0.5) is 4.39 Å². The normalized spacial score (nSPS) is 12.5. The van der Waals surface area contributed by atoms with Gasteiger partial charge in [-0.2, -0.15) is 0 Å². The third-order valence-electron chi connectivity index (χ3n) is 4.13. The van der Waals surface area contributed by atoms with E-state index in [1.54, 1.807) is 0 Å². The lowest BCUT2D eigenvalue weighted by Crippen LogP contribution is -2.53. The molecule has 152 valence electrons. The molecule has 0 aliphatic carbocycles. The van der Waals surface area contributed by atoms with Crippen LogP contribution in [-0.4, -0.2) is 30.1 Å². The van der Waals surface area contributed by atoms with Gasteiger partial charge in [-0.15, -0.1) is 0 Å². The molecule has 28 heavy (non-hydrogen) atoms. The van der Waals surface area contributed by atoms with Crippen LogP contribution in [0.2, 0.25) is 0 Å². The molecule has 0 bridgehead atoms. The molecule has 0 radical (unpaired) electrons. The van der Waals surface area contributed by atoms with Crippen molar-refractivity contribution in [2.45, 2.75) is 49.7 Å². The molecule has 2 amide bonds. The van der Waals surface area contributed by atoms with Gasteiger partial charge in [0.15, 0.2) is 14.6 Å². The van der Waals surface area contributed by atoms with E-state index in [4.69, 9.17) is 4.52 Å². The van der Waals surface area contributed by atoms with Gasteiger partial charge in [0.1, 0.15) is 5.82 Å². The van der Waals surface area contributed by atoms with Crippen LogP contribution >= 0.6 is 0 Å². The summed E-state index contributed by atoms with van der Waals surface area (Å²) < 4.78 is 41.5. The SMILES string of the molecule is CC(C)(C)c1cc(C(=O)NNC(=O)C(C)(C)S(=O)(=O)c2ccc(F)cc2)on1. The van der Waals surface area contributed by atoms with Crippen LogP contribution in [0.1, 0.15) is 50.9 Å². The summed E-state index contributed by atoms with van der Waals surface area (Å²) in [5.41, 5.74) is 4.39. The Hall–Kier alpha value is -2.75. The third kappa shape index (κ3) is 4.22. The molecule has 1 heterocycles. The number of nitrogens with one attached hydrogen (secondary N) is 2. The first-order chi connectivity index (χ1) is 12.8. The minimum Gasteiger partial charge on any atom is -0.351 e. The van der Waals surface area contributed by atoms with E-state index < -0.39 is 32.2 Å². The maximum atomic E-state index is 13.0. The van der Waals surface area contributed by atoms with Crippen LogP contribution in [0.15, 0.2) is 39.8 Å². The standard InChI is InChI=1S/C18H22FN3O5S/c1-17(2,3)14-10-13(27-22-14)15(23)20-21-16(24)18(4,5)28(25,26)12-8-6-11(19)7-9-12/h6-10H,1-5H3,(H,20,23)(H,21,24). The molecule has 0 saturated heterocycles. The van der Waals surface area contributed by atoms with Gasteiger partial charge in [0.2, 0.25) is 5.76 Å². The molecule has 0 spiro atoms. The first-order valence-corrected chi connectivity index (χ1v) is 9.83. The number of hydrogen-bond acceptors (Lipinski definition) is 6. The molecular weight excluding hydrogens is 389 g/mol. The Kier molecular flexibility index (Phi) is 5.65. The molecule has 0 fully saturated rings. The minimum absolute atomic E-state index is 0.135. The molecule has 8 nitrogen and oxygen atoms in total. The number of hydrazine groups is 1. The molecule has 0 aliphatic heterocycles. The summed E-state index contributed by atoms with van der Waals surface area (Å²) in [6, 6.07) is 5.54. The average molecular weight is 411 g/mol. The quantitative estimate of drug-likeness (QED) is 0.588. The molecule has 1 aromatic heterocycles. The Bertz CT molecular complexity index is 989. The summed E-state index contributed by atoms with van der Waals surface area (Å²) in [5.74, 6) is -2.49. The van der Waals surface area contributed by atoms with Crippen LogP contribution in [-0.2, 0) is 20.0 Å². The fourth-order valence-corrected chi connectivity index (χ4v) is 3.47. The highest BCUT2D eigenvalue weighted by Gasteiger charge is 2.43. The van der Waals surface area contributed by atoms with Crippen molar-refractivity contribution in [3.8, 4) is 0 Å². The lowest BCUT2D eigenvalue weighted by atomic mass is 9.92. The Morgan fingerprint density at radius 1 is 1.04 bits per heavy atom.